The van der Waals surface area contributed by atoms with Gasteiger partial charge >= 0.3 is 0 Å². The summed E-state index contributed by atoms with van der Waals surface area (Å²) >= 11 is 1.86. The van der Waals surface area contributed by atoms with Gasteiger partial charge in [-0.25, -0.2) is 0 Å². The Morgan fingerprint density at radius 3 is 2.25 bits per heavy atom. The summed E-state index contributed by atoms with van der Waals surface area (Å²) in [5.74, 6) is 0. The summed E-state index contributed by atoms with van der Waals surface area (Å²) in [6, 6.07) is 41.5. The molecule has 0 radical (unpaired) electrons. The highest BCUT2D eigenvalue weighted by atomic mass is 32.1. The van der Waals surface area contributed by atoms with E-state index in [1.807, 2.05) is 17.5 Å². The van der Waals surface area contributed by atoms with Crippen LogP contribution in [0.2, 0.25) is 0 Å². The Balaban J connectivity index is 1.51. The lowest BCUT2D eigenvalue weighted by Crippen LogP contribution is -1.94. The van der Waals surface area contributed by atoms with E-state index in [4.69, 9.17) is 4.98 Å². The van der Waals surface area contributed by atoms with Gasteiger partial charge < -0.3 is 4.57 Å². The highest BCUT2D eigenvalue weighted by molar-refractivity contribution is 7.25. The second-order valence-electron chi connectivity index (χ2n) is 9.29. The molecule has 3 heterocycles. The molecule has 0 spiro atoms. The zero-order chi connectivity index (χ0) is 23.6. The van der Waals surface area contributed by atoms with Crippen LogP contribution in [0.1, 0.15) is 0 Å². The molecule has 8 aromatic rings. The lowest BCUT2D eigenvalue weighted by molar-refractivity contribution is 1.18. The fourth-order valence-corrected chi connectivity index (χ4v) is 6.60. The average molecular weight is 477 g/mol. The van der Waals surface area contributed by atoms with Gasteiger partial charge in [0, 0.05) is 43.0 Å². The summed E-state index contributed by atoms with van der Waals surface area (Å²) in [6.45, 7) is 0. The van der Waals surface area contributed by atoms with Gasteiger partial charge in [0.15, 0.2) is 0 Å². The zero-order valence-corrected chi connectivity index (χ0v) is 20.2. The molecule has 0 atom stereocenters. The van der Waals surface area contributed by atoms with E-state index in [-0.39, 0.29) is 0 Å². The van der Waals surface area contributed by atoms with Crippen molar-refractivity contribution in [2.75, 3.05) is 0 Å². The van der Waals surface area contributed by atoms with Crippen LogP contribution in [0.5, 0.6) is 0 Å². The Morgan fingerprint density at radius 2 is 1.33 bits per heavy atom. The van der Waals surface area contributed by atoms with Crippen LogP contribution in [0.15, 0.2) is 121 Å². The Morgan fingerprint density at radius 1 is 0.528 bits per heavy atom. The highest BCUT2D eigenvalue weighted by Crippen LogP contribution is 2.41. The molecule has 0 aliphatic heterocycles. The van der Waals surface area contributed by atoms with Crippen LogP contribution >= 0.6 is 11.3 Å². The minimum absolute atomic E-state index is 1.04. The van der Waals surface area contributed by atoms with Gasteiger partial charge in [0.2, 0.25) is 0 Å². The first-order chi connectivity index (χ1) is 17.8. The van der Waals surface area contributed by atoms with Gasteiger partial charge in [0.05, 0.1) is 16.6 Å². The maximum absolute atomic E-state index is 5.05. The maximum Gasteiger partial charge on any atom is 0.0964 e. The van der Waals surface area contributed by atoms with Crippen LogP contribution in [-0.2, 0) is 0 Å². The largest absolute Gasteiger partial charge is 0.308 e. The molecule has 3 aromatic heterocycles. The number of thiophene rings is 1. The molecule has 0 fully saturated rings. The van der Waals surface area contributed by atoms with Gasteiger partial charge in [-0.05, 0) is 52.7 Å². The van der Waals surface area contributed by atoms with Crippen LogP contribution in [-0.4, -0.2) is 9.55 Å². The third-order valence-electron chi connectivity index (χ3n) is 7.20. The van der Waals surface area contributed by atoms with Gasteiger partial charge in [-0.1, -0.05) is 78.9 Å². The van der Waals surface area contributed by atoms with Crippen molar-refractivity contribution < 1.29 is 0 Å². The highest BCUT2D eigenvalue weighted by Gasteiger charge is 2.17. The van der Waals surface area contributed by atoms with Crippen molar-refractivity contribution in [3.8, 4) is 16.8 Å². The summed E-state index contributed by atoms with van der Waals surface area (Å²) in [7, 11) is 0. The second kappa shape index (κ2) is 7.51. The Hall–Kier alpha value is -4.47. The molecule has 0 N–H and O–H groups in total. The second-order valence-corrected chi connectivity index (χ2v) is 10.4. The molecular weight excluding hydrogens is 456 g/mol. The normalized spacial score (nSPS) is 11.9. The van der Waals surface area contributed by atoms with Crippen LogP contribution in [0.3, 0.4) is 0 Å². The Kier molecular flexibility index (Phi) is 4.13. The van der Waals surface area contributed by atoms with E-state index in [1.165, 1.54) is 47.4 Å². The molecule has 36 heavy (non-hydrogen) atoms. The van der Waals surface area contributed by atoms with Crippen molar-refractivity contribution in [2.45, 2.75) is 0 Å². The number of benzene rings is 5. The molecule has 0 unspecified atom stereocenters. The van der Waals surface area contributed by atoms with Crippen LogP contribution in [0.25, 0.3) is 69.7 Å². The predicted octanol–water partition coefficient (Wildman–Crippen LogP) is 9.37. The Bertz CT molecular complexity index is 2100. The number of hydrogen-bond donors (Lipinski definition) is 0. The summed E-state index contributed by atoms with van der Waals surface area (Å²) < 4.78 is 5.01. The summed E-state index contributed by atoms with van der Waals surface area (Å²) in [5.41, 5.74) is 6.81. The van der Waals surface area contributed by atoms with Gasteiger partial charge in [-0.3, -0.25) is 4.98 Å². The van der Waals surface area contributed by atoms with E-state index in [9.17, 15) is 0 Å². The summed E-state index contributed by atoms with van der Waals surface area (Å²) in [6.07, 6.45) is 2.01. The molecule has 0 saturated heterocycles. The molecule has 0 aliphatic carbocycles. The van der Waals surface area contributed by atoms with E-state index < -0.39 is 0 Å². The molecule has 0 aliphatic rings. The SMILES string of the molecule is c1ccc(-c2cnc3c4cc5c(cc4n(-c4ccc6ccccc6c4)c3c2)sc2ccccc25)cc1. The number of fused-ring (bicyclic) bond motifs is 7. The first-order valence-corrected chi connectivity index (χ1v) is 13.0. The van der Waals surface area contributed by atoms with E-state index in [0.717, 1.165) is 22.3 Å². The lowest BCUT2D eigenvalue weighted by Gasteiger charge is -2.10. The molecule has 5 aromatic carbocycles. The minimum Gasteiger partial charge on any atom is -0.308 e. The third-order valence-corrected chi connectivity index (χ3v) is 8.33. The van der Waals surface area contributed by atoms with E-state index in [0.29, 0.717) is 0 Å². The molecule has 168 valence electrons. The fraction of sp³-hybridized carbons (Fsp3) is 0. The first-order valence-electron chi connectivity index (χ1n) is 12.1. The zero-order valence-electron chi connectivity index (χ0n) is 19.3. The van der Waals surface area contributed by atoms with Crippen molar-refractivity contribution in [3.05, 3.63) is 121 Å². The van der Waals surface area contributed by atoms with Gasteiger partial charge in [-0.15, -0.1) is 11.3 Å². The molecule has 0 saturated carbocycles. The average Bonchev–Trinajstić information content (AvgIpc) is 3.46. The quantitative estimate of drug-likeness (QED) is 0.243. The number of pyridine rings is 1. The van der Waals surface area contributed by atoms with Crippen LogP contribution in [0.4, 0.5) is 0 Å². The van der Waals surface area contributed by atoms with Crippen molar-refractivity contribution in [2.24, 2.45) is 0 Å². The number of nitrogens with zero attached hydrogens (tertiary/aromatic N) is 2. The van der Waals surface area contributed by atoms with Gasteiger partial charge in [0.1, 0.15) is 0 Å². The topological polar surface area (TPSA) is 17.8 Å². The van der Waals surface area contributed by atoms with Crippen molar-refractivity contribution in [1.29, 1.82) is 0 Å². The maximum atomic E-state index is 5.05. The Labute approximate surface area is 211 Å². The minimum atomic E-state index is 1.04. The molecule has 0 bridgehead atoms. The van der Waals surface area contributed by atoms with Crippen LogP contribution < -0.4 is 0 Å². The number of hydrogen-bond acceptors (Lipinski definition) is 2. The van der Waals surface area contributed by atoms with Gasteiger partial charge in [0.25, 0.3) is 0 Å². The number of aromatic nitrogens is 2. The van der Waals surface area contributed by atoms with Crippen molar-refractivity contribution >= 4 is 64.2 Å². The molecular formula is C33H20N2S. The van der Waals surface area contributed by atoms with Crippen molar-refractivity contribution in [1.82, 2.24) is 9.55 Å². The van der Waals surface area contributed by atoms with E-state index in [1.54, 1.807) is 0 Å². The monoisotopic (exact) mass is 476 g/mol. The van der Waals surface area contributed by atoms with E-state index >= 15 is 0 Å². The van der Waals surface area contributed by atoms with Crippen LogP contribution in [0, 0.1) is 0 Å². The molecule has 2 nitrogen and oxygen atoms in total. The smallest absolute Gasteiger partial charge is 0.0964 e. The summed E-state index contributed by atoms with van der Waals surface area (Å²) in [4.78, 5) is 5.05. The summed E-state index contributed by atoms with van der Waals surface area (Å²) in [5, 5.41) is 6.28. The van der Waals surface area contributed by atoms with Gasteiger partial charge in [-0.2, -0.15) is 0 Å². The molecule has 0 amide bonds. The predicted molar refractivity (Wildman–Crippen MR) is 154 cm³/mol. The first kappa shape index (κ1) is 19.8. The fourth-order valence-electron chi connectivity index (χ4n) is 5.48. The van der Waals surface area contributed by atoms with Crippen molar-refractivity contribution in [3.63, 3.8) is 0 Å². The standard InChI is InChI=1S/C33H20N2S/c1-2-8-21(9-3-1)24-17-30-33(34-20-24)28-18-27-26-12-6-7-13-31(26)36-32(27)19-29(28)35(30)25-15-14-22-10-4-5-11-23(22)16-25/h1-20H. The number of rotatable bonds is 2. The third kappa shape index (κ3) is 2.87. The molecule has 3 heteroatoms. The lowest BCUT2D eigenvalue weighted by atomic mass is 10.1. The van der Waals surface area contributed by atoms with E-state index in [2.05, 4.69) is 120 Å². The molecule has 8 rings (SSSR count).